The van der Waals surface area contributed by atoms with E-state index in [9.17, 15) is 4.79 Å². The molecule has 0 saturated heterocycles. The molecule has 0 amide bonds. The van der Waals surface area contributed by atoms with E-state index in [4.69, 9.17) is 14.6 Å². The molecule has 0 saturated carbocycles. The molecule has 0 aliphatic heterocycles. The molecule has 0 bridgehead atoms. The fraction of sp³-hybridized carbons (Fsp3) is 0.500. The molecule has 1 N–H and O–H groups in total. The largest absolute Gasteiger partial charge is 0.508 e. The molecule has 1 aromatic rings. The van der Waals surface area contributed by atoms with Gasteiger partial charge in [-0.25, -0.2) is 0 Å². The number of carbonyl (C=O) groups is 1. The number of esters is 1. The number of benzene rings is 1. The van der Waals surface area contributed by atoms with Crippen LogP contribution in [0.2, 0.25) is 0 Å². The van der Waals surface area contributed by atoms with Gasteiger partial charge in [0.2, 0.25) is 0 Å². The Morgan fingerprint density at radius 1 is 1.28 bits per heavy atom. The van der Waals surface area contributed by atoms with Gasteiger partial charge in [-0.15, -0.1) is 0 Å². The van der Waals surface area contributed by atoms with Gasteiger partial charge in [-0.05, 0) is 31.0 Å². The van der Waals surface area contributed by atoms with E-state index in [-0.39, 0.29) is 24.2 Å². The zero-order valence-corrected chi connectivity index (χ0v) is 10.9. The Morgan fingerprint density at radius 3 is 2.56 bits per heavy atom. The molecule has 0 aromatic heterocycles. The standard InChI is InChI=1S/C14H20O4/c1-3-9-18-14(16)8-10-17-11(2)12-4-6-13(15)7-5-12/h4-7,11,15H,3,8-10H2,1-2H3. The molecular formula is C14H20O4. The van der Waals surface area contributed by atoms with E-state index in [1.165, 1.54) is 0 Å². The maximum absolute atomic E-state index is 11.2. The first-order chi connectivity index (χ1) is 8.63. The minimum absolute atomic E-state index is 0.107. The Bertz CT molecular complexity index is 359. The first-order valence-corrected chi connectivity index (χ1v) is 6.19. The molecule has 4 nitrogen and oxygen atoms in total. The predicted molar refractivity (Wildman–Crippen MR) is 68.3 cm³/mol. The van der Waals surface area contributed by atoms with Crippen LogP contribution in [-0.2, 0) is 14.3 Å². The second-order valence-electron chi connectivity index (χ2n) is 4.08. The first-order valence-electron chi connectivity index (χ1n) is 6.19. The fourth-order valence-electron chi connectivity index (χ4n) is 1.45. The molecule has 1 unspecified atom stereocenters. The lowest BCUT2D eigenvalue weighted by Gasteiger charge is -2.13. The van der Waals surface area contributed by atoms with E-state index in [0.717, 1.165) is 12.0 Å². The summed E-state index contributed by atoms with van der Waals surface area (Å²) in [6, 6.07) is 6.83. The van der Waals surface area contributed by atoms with Crippen LogP contribution in [-0.4, -0.2) is 24.3 Å². The molecule has 0 spiro atoms. The van der Waals surface area contributed by atoms with Gasteiger partial charge in [0.05, 0.1) is 25.7 Å². The summed E-state index contributed by atoms with van der Waals surface area (Å²) in [7, 11) is 0. The Kier molecular flexibility index (Phi) is 6.22. The van der Waals surface area contributed by atoms with E-state index in [2.05, 4.69) is 0 Å². The maximum Gasteiger partial charge on any atom is 0.308 e. The van der Waals surface area contributed by atoms with E-state index in [1.54, 1.807) is 24.3 Å². The zero-order chi connectivity index (χ0) is 13.4. The molecule has 100 valence electrons. The van der Waals surface area contributed by atoms with Gasteiger partial charge in [0.1, 0.15) is 5.75 Å². The number of phenolic OH excluding ortho intramolecular Hbond substituents is 1. The highest BCUT2D eigenvalue weighted by atomic mass is 16.5. The van der Waals surface area contributed by atoms with Crippen LogP contribution in [0.25, 0.3) is 0 Å². The summed E-state index contributed by atoms with van der Waals surface area (Å²) in [5.74, 6) is 0.00356. The minimum atomic E-state index is -0.227. The maximum atomic E-state index is 11.2. The third kappa shape index (κ3) is 5.19. The van der Waals surface area contributed by atoms with Crippen LogP contribution in [0, 0.1) is 0 Å². The smallest absolute Gasteiger partial charge is 0.308 e. The van der Waals surface area contributed by atoms with E-state index >= 15 is 0 Å². The van der Waals surface area contributed by atoms with Crippen molar-refractivity contribution in [2.75, 3.05) is 13.2 Å². The van der Waals surface area contributed by atoms with E-state index in [0.29, 0.717) is 13.2 Å². The topological polar surface area (TPSA) is 55.8 Å². The second-order valence-corrected chi connectivity index (χ2v) is 4.08. The fourth-order valence-corrected chi connectivity index (χ4v) is 1.45. The molecule has 0 aliphatic carbocycles. The number of hydrogen-bond acceptors (Lipinski definition) is 4. The van der Waals surface area contributed by atoms with Gasteiger partial charge in [0.15, 0.2) is 0 Å². The number of carbonyl (C=O) groups excluding carboxylic acids is 1. The van der Waals surface area contributed by atoms with E-state index in [1.807, 2.05) is 13.8 Å². The Hall–Kier alpha value is -1.55. The zero-order valence-electron chi connectivity index (χ0n) is 10.9. The predicted octanol–water partition coefficient (Wildman–Crippen LogP) is 2.81. The lowest BCUT2D eigenvalue weighted by molar-refractivity contribution is -0.145. The highest BCUT2D eigenvalue weighted by molar-refractivity contribution is 5.69. The van der Waals surface area contributed by atoms with Crippen LogP contribution >= 0.6 is 0 Å². The van der Waals surface area contributed by atoms with Gasteiger partial charge in [0.25, 0.3) is 0 Å². The van der Waals surface area contributed by atoms with Crippen LogP contribution in [0.5, 0.6) is 5.75 Å². The van der Waals surface area contributed by atoms with Crippen LogP contribution in [0.3, 0.4) is 0 Å². The van der Waals surface area contributed by atoms with Gasteiger partial charge < -0.3 is 14.6 Å². The molecule has 1 rings (SSSR count). The molecule has 0 radical (unpaired) electrons. The number of ether oxygens (including phenoxy) is 2. The molecular weight excluding hydrogens is 232 g/mol. The average molecular weight is 252 g/mol. The summed E-state index contributed by atoms with van der Waals surface area (Å²) in [6.45, 7) is 4.66. The third-order valence-corrected chi connectivity index (χ3v) is 2.50. The normalized spacial score (nSPS) is 12.1. The van der Waals surface area contributed by atoms with Crippen LogP contribution < -0.4 is 0 Å². The van der Waals surface area contributed by atoms with E-state index < -0.39 is 0 Å². The Morgan fingerprint density at radius 2 is 1.94 bits per heavy atom. The SMILES string of the molecule is CCCOC(=O)CCOC(C)c1ccc(O)cc1. The van der Waals surface area contributed by atoms with Crippen molar-refractivity contribution >= 4 is 5.97 Å². The van der Waals surface area contributed by atoms with Crippen molar-refractivity contribution in [2.45, 2.75) is 32.8 Å². The van der Waals surface area contributed by atoms with Crippen molar-refractivity contribution in [3.8, 4) is 5.75 Å². The van der Waals surface area contributed by atoms with Crippen molar-refractivity contribution < 1.29 is 19.4 Å². The van der Waals surface area contributed by atoms with Crippen LogP contribution in [0.1, 0.15) is 38.4 Å². The molecule has 1 aromatic carbocycles. The van der Waals surface area contributed by atoms with Crippen molar-refractivity contribution in [1.82, 2.24) is 0 Å². The summed E-state index contributed by atoms with van der Waals surface area (Å²) in [6.07, 6.45) is 0.989. The van der Waals surface area contributed by atoms with Crippen molar-refractivity contribution in [3.05, 3.63) is 29.8 Å². The summed E-state index contributed by atoms with van der Waals surface area (Å²) < 4.78 is 10.5. The van der Waals surface area contributed by atoms with Gasteiger partial charge in [-0.3, -0.25) is 4.79 Å². The Balaban J connectivity index is 2.26. The first kappa shape index (κ1) is 14.5. The number of aromatic hydroxyl groups is 1. The summed E-state index contributed by atoms with van der Waals surface area (Å²) >= 11 is 0. The molecule has 0 heterocycles. The summed E-state index contributed by atoms with van der Waals surface area (Å²) in [4.78, 5) is 11.2. The van der Waals surface area contributed by atoms with Crippen molar-refractivity contribution in [1.29, 1.82) is 0 Å². The molecule has 0 aliphatic rings. The molecule has 4 heteroatoms. The van der Waals surface area contributed by atoms with Gasteiger partial charge in [-0.1, -0.05) is 19.1 Å². The van der Waals surface area contributed by atoms with Crippen molar-refractivity contribution in [2.24, 2.45) is 0 Å². The molecule has 1 atom stereocenters. The van der Waals surface area contributed by atoms with Crippen LogP contribution in [0.15, 0.2) is 24.3 Å². The number of hydrogen-bond donors (Lipinski definition) is 1. The number of rotatable bonds is 7. The lowest BCUT2D eigenvalue weighted by atomic mass is 10.1. The summed E-state index contributed by atoms with van der Waals surface area (Å²) in [5, 5.41) is 9.17. The highest BCUT2D eigenvalue weighted by Crippen LogP contribution is 2.19. The highest BCUT2D eigenvalue weighted by Gasteiger charge is 2.08. The molecule has 0 fully saturated rings. The third-order valence-electron chi connectivity index (χ3n) is 2.50. The quantitative estimate of drug-likeness (QED) is 0.758. The molecule has 18 heavy (non-hydrogen) atoms. The Labute approximate surface area is 108 Å². The van der Waals surface area contributed by atoms with Crippen LogP contribution in [0.4, 0.5) is 0 Å². The number of phenols is 1. The summed E-state index contributed by atoms with van der Waals surface area (Å²) in [5.41, 5.74) is 0.967. The average Bonchev–Trinajstić information content (AvgIpc) is 2.37. The van der Waals surface area contributed by atoms with Gasteiger partial charge >= 0.3 is 5.97 Å². The lowest BCUT2D eigenvalue weighted by Crippen LogP contribution is -2.10. The monoisotopic (exact) mass is 252 g/mol. The van der Waals surface area contributed by atoms with Gasteiger partial charge in [-0.2, -0.15) is 0 Å². The second kappa shape index (κ2) is 7.71. The minimum Gasteiger partial charge on any atom is -0.508 e. The van der Waals surface area contributed by atoms with Gasteiger partial charge in [0, 0.05) is 0 Å². The van der Waals surface area contributed by atoms with Crippen molar-refractivity contribution in [3.63, 3.8) is 0 Å².